The van der Waals surface area contributed by atoms with Crippen molar-refractivity contribution >= 4 is 16.6 Å². The highest BCUT2D eigenvalue weighted by Crippen LogP contribution is 2.38. The second kappa shape index (κ2) is 3.47. The van der Waals surface area contributed by atoms with Crippen molar-refractivity contribution in [2.24, 2.45) is 0 Å². The van der Waals surface area contributed by atoms with E-state index < -0.39 is 16.8 Å². The molecule has 0 aliphatic heterocycles. The predicted octanol–water partition coefficient (Wildman–Crippen LogP) is 3.40. The van der Waals surface area contributed by atoms with Crippen LogP contribution >= 0.6 is 0 Å². The van der Waals surface area contributed by atoms with Gasteiger partial charge in [-0.3, -0.25) is 10.1 Å². The lowest BCUT2D eigenvalue weighted by Gasteiger charge is -2.04. The number of nitrogens with zero attached hydrogens (tertiary/aromatic N) is 1. The van der Waals surface area contributed by atoms with E-state index in [4.69, 9.17) is 0 Å². The van der Waals surface area contributed by atoms with Gasteiger partial charge in [0.1, 0.15) is 5.69 Å². The third kappa shape index (κ3) is 1.73. The quantitative estimate of drug-likeness (QED) is 0.617. The van der Waals surface area contributed by atoms with Crippen LogP contribution in [-0.4, -0.2) is 9.91 Å². The second-order valence-corrected chi connectivity index (χ2v) is 3.58. The number of hydrogen-bond donors (Lipinski definition) is 1. The van der Waals surface area contributed by atoms with Gasteiger partial charge in [-0.15, -0.1) is 0 Å². The molecule has 17 heavy (non-hydrogen) atoms. The maximum Gasteiger partial charge on any atom is 0.431 e. The van der Waals surface area contributed by atoms with Gasteiger partial charge in [-0.2, -0.15) is 13.2 Å². The van der Waals surface area contributed by atoms with Gasteiger partial charge in [0.05, 0.1) is 15.8 Å². The van der Waals surface area contributed by atoms with Crippen LogP contribution in [0.1, 0.15) is 11.3 Å². The van der Waals surface area contributed by atoms with Gasteiger partial charge in [-0.25, -0.2) is 0 Å². The summed E-state index contributed by atoms with van der Waals surface area (Å²) in [6, 6.07) is 3.91. The number of benzene rings is 1. The Morgan fingerprint density at radius 1 is 1.35 bits per heavy atom. The molecule has 0 radical (unpaired) electrons. The number of alkyl halides is 3. The zero-order valence-electron chi connectivity index (χ0n) is 8.63. The van der Waals surface area contributed by atoms with E-state index in [9.17, 15) is 23.3 Å². The van der Waals surface area contributed by atoms with Gasteiger partial charge < -0.3 is 4.98 Å². The molecule has 0 spiro atoms. The highest BCUT2D eigenvalue weighted by molar-refractivity contribution is 5.92. The van der Waals surface area contributed by atoms with E-state index in [-0.39, 0.29) is 22.2 Å². The molecule has 2 rings (SSSR count). The van der Waals surface area contributed by atoms with Crippen LogP contribution in [0.15, 0.2) is 18.2 Å². The number of fused-ring (bicyclic) bond motifs is 1. The smallest absolute Gasteiger partial charge is 0.351 e. The molecule has 0 saturated heterocycles. The van der Waals surface area contributed by atoms with Crippen molar-refractivity contribution < 1.29 is 18.1 Å². The summed E-state index contributed by atoms with van der Waals surface area (Å²) >= 11 is 0. The molecule has 1 aromatic heterocycles. The molecule has 90 valence electrons. The van der Waals surface area contributed by atoms with Crippen LogP contribution in [0.4, 0.5) is 18.9 Å². The summed E-state index contributed by atoms with van der Waals surface area (Å²) in [5.41, 5.74) is -1.31. The SMILES string of the molecule is Cc1c(C(F)(F)F)[nH]c2cccc([N+](=O)[O-])c12. The van der Waals surface area contributed by atoms with Gasteiger partial charge in [0.15, 0.2) is 0 Å². The molecular weight excluding hydrogens is 237 g/mol. The van der Waals surface area contributed by atoms with Gasteiger partial charge in [-0.1, -0.05) is 6.07 Å². The lowest BCUT2D eigenvalue weighted by molar-refractivity contribution is -0.383. The Morgan fingerprint density at radius 2 is 2.00 bits per heavy atom. The summed E-state index contributed by atoms with van der Waals surface area (Å²) < 4.78 is 37.9. The largest absolute Gasteiger partial charge is 0.431 e. The van der Waals surface area contributed by atoms with Crippen LogP contribution < -0.4 is 0 Å². The van der Waals surface area contributed by atoms with Crippen LogP contribution in [0.3, 0.4) is 0 Å². The lowest BCUT2D eigenvalue weighted by Crippen LogP contribution is -2.06. The fraction of sp³-hybridized carbons (Fsp3) is 0.200. The number of aryl methyl sites for hydroxylation is 1. The number of hydrogen-bond acceptors (Lipinski definition) is 2. The van der Waals surface area contributed by atoms with Crippen molar-refractivity contribution in [2.75, 3.05) is 0 Å². The molecule has 0 bridgehead atoms. The Hall–Kier alpha value is -2.05. The van der Waals surface area contributed by atoms with Crippen molar-refractivity contribution in [1.82, 2.24) is 4.98 Å². The zero-order valence-corrected chi connectivity index (χ0v) is 8.63. The zero-order chi connectivity index (χ0) is 12.8. The minimum atomic E-state index is -4.54. The summed E-state index contributed by atoms with van der Waals surface area (Å²) in [6.45, 7) is 1.22. The van der Waals surface area contributed by atoms with Crippen molar-refractivity contribution in [1.29, 1.82) is 0 Å². The van der Waals surface area contributed by atoms with E-state index in [1.807, 2.05) is 0 Å². The fourth-order valence-corrected chi connectivity index (χ4v) is 1.83. The fourth-order valence-electron chi connectivity index (χ4n) is 1.83. The van der Waals surface area contributed by atoms with Crippen molar-refractivity contribution in [3.05, 3.63) is 39.6 Å². The number of nitro groups is 1. The molecule has 0 saturated carbocycles. The van der Waals surface area contributed by atoms with Crippen LogP contribution in [-0.2, 0) is 6.18 Å². The average Bonchev–Trinajstić information content (AvgIpc) is 2.55. The second-order valence-electron chi connectivity index (χ2n) is 3.58. The van der Waals surface area contributed by atoms with Crippen molar-refractivity contribution in [2.45, 2.75) is 13.1 Å². The Balaban J connectivity index is 2.84. The highest BCUT2D eigenvalue weighted by Gasteiger charge is 2.36. The first-order valence-electron chi connectivity index (χ1n) is 4.65. The van der Waals surface area contributed by atoms with E-state index in [2.05, 4.69) is 4.98 Å². The van der Waals surface area contributed by atoms with E-state index >= 15 is 0 Å². The number of aromatic amines is 1. The number of halogens is 3. The summed E-state index contributed by atoms with van der Waals surface area (Å²) in [4.78, 5) is 12.2. The minimum absolute atomic E-state index is 0.00447. The number of non-ortho nitro benzene ring substituents is 1. The molecule has 0 atom stereocenters. The van der Waals surface area contributed by atoms with Gasteiger partial charge in [0.25, 0.3) is 5.69 Å². The first-order valence-corrected chi connectivity index (χ1v) is 4.65. The van der Waals surface area contributed by atoms with Gasteiger partial charge in [-0.05, 0) is 18.6 Å². The van der Waals surface area contributed by atoms with Crippen molar-refractivity contribution in [3.63, 3.8) is 0 Å². The highest BCUT2D eigenvalue weighted by atomic mass is 19.4. The molecule has 0 aliphatic carbocycles. The first kappa shape index (κ1) is 11.4. The Bertz CT molecular complexity index is 601. The van der Waals surface area contributed by atoms with Crippen molar-refractivity contribution in [3.8, 4) is 0 Å². The van der Waals surface area contributed by atoms with Crippen LogP contribution in [0.25, 0.3) is 10.9 Å². The lowest BCUT2D eigenvalue weighted by atomic mass is 10.1. The van der Waals surface area contributed by atoms with E-state index in [1.54, 1.807) is 0 Å². The molecule has 0 unspecified atom stereocenters. The topological polar surface area (TPSA) is 58.9 Å². The minimum Gasteiger partial charge on any atom is -0.351 e. The third-order valence-corrected chi connectivity index (χ3v) is 2.53. The maximum atomic E-state index is 12.6. The molecule has 0 aliphatic rings. The predicted molar refractivity (Wildman–Crippen MR) is 54.7 cm³/mol. The maximum absolute atomic E-state index is 12.6. The molecule has 1 heterocycles. The number of aromatic nitrogens is 1. The standard InChI is InChI=1S/C10H7F3N2O2/c1-5-8-6(14-9(5)10(11,12)13)3-2-4-7(8)15(16)17/h2-4,14H,1H3. The Kier molecular flexibility index (Phi) is 2.34. The normalized spacial score (nSPS) is 12.0. The molecule has 1 N–H and O–H groups in total. The summed E-state index contributed by atoms with van der Waals surface area (Å²) in [7, 11) is 0. The number of nitrogens with one attached hydrogen (secondary N) is 1. The van der Waals surface area contributed by atoms with Gasteiger partial charge in [0, 0.05) is 6.07 Å². The molecule has 1 aromatic carbocycles. The average molecular weight is 244 g/mol. The van der Waals surface area contributed by atoms with E-state index in [0.717, 1.165) is 0 Å². The van der Waals surface area contributed by atoms with Crippen LogP contribution in [0, 0.1) is 17.0 Å². The van der Waals surface area contributed by atoms with Crippen LogP contribution in [0.2, 0.25) is 0 Å². The van der Waals surface area contributed by atoms with E-state index in [1.165, 1.54) is 25.1 Å². The number of rotatable bonds is 1. The van der Waals surface area contributed by atoms with Crippen LogP contribution in [0.5, 0.6) is 0 Å². The Labute approximate surface area is 93.2 Å². The molecule has 0 fully saturated rings. The first-order chi connectivity index (χ1) is 7.82. The molecule has 7 heteroatoms. The molecule has 4 nitrogen and oxygen atoms in total. The monoisotopic (exact) mass is 244 g/mol. The summed E-state index contributed by atoms with van der Waals surface area (Å²) in [5, 5.41) is 10.7. The van der Waals surface area contributed by atoms with E-state index in [0.29, 0.717) is 0 Å². The number of nitro benzene ring substituents is 1. The number of H-pyrrole nitrogens is 1. The third-order valence-electron chi connectivity index (χ3n) is 2.53. The van der Waals surface area contributed by atoms with Gasteiger partial charge >= 0.3 is 6.18 Å². The summed E-state index contributed by atoms with van der Waals surface area (Å²) in [6.07, 6.45) is -4.54. The molecule has 2 aromatic rings. The molecular formula is C10H7F3N2O2. The molecule has 0 amide bonds. The summed E-state index contributed by atoms with van der Waals surface area (Å²) in [5.74, 6) is 0. The Morgan fingerprint density at radius 3 is 2.53 bits per heavy atom. The van der Waals surface area contributed by atoms with Gasteiger partial charge in [0.2, 0.25) is 0 Å².